The van der Waals surface area contributed by atoms with E-state index in [0.717, 1.165) is 53.0 Å². The Morgan fingerprint density at radius 2 is 0.739 bits per heavy atom. The minimum absolute atomic E-state index is 0.0460. The summed E-state index contributed by atoms with van der Waals surface area (Å²) >= 11 is 4.46. The molecule has 6 aromatic rings. The van der Waals surface area contributed by atoms with Crippen LogP contribution in [0.3, 0.4) is 0 Å². The molecule has 6 fully saturated rings. The molecule has 0 saturated heterocycles. The molecule has 9 aliphatic rings. The van der Waals surface area contributed by atoms with Crippen molar-refractivity contribution in [1.82, 2.24) is 15.2 Å². The van der Waals surface area contributed by atoms with Crippen LogP contribution < -0.4 is 0 Å². The Kier molecular flexibility index (Phi) is 23.3. The molecule has 6 unspecified atom stereocenters. The Labute approximate surface area is 659 Å². The highest BCUT2D eigenvalue weighted by molar-refractivity contribution is 7.99. The minimum Gasteiger partial charge on any atom is -0.396 e. The van der Waals surface area contributed by atoms with Gasteiger partial charge in [0.1, 0.15) is 24.1 Å². The number of rotatable bonds is 30. The topological polar surface area (TPSA) is 332 Å². The quantitative estimate of drug-likeness (QED) is 0.0189. The smallest absolute Gasteiger partial charge is 0.289 e. The summed E-state index contributed by atoms with van der Waals surface area (Å²) in [6.07, 6.45) is 11.9. The van der Waals surface area contributed by atoms with E-state index in [1.165, 1.54) is 55.3 Å². The maximum atomic E-state index is 13.5. The van der Waals surface area contributed by atoms with Gasteiger partial charge in [0, 0.05) is 68.2 Å². The Bertz CT molecular complexity index is 5220. The van der Waals surface area contributed by atoms with E-state index in [1.54, 1.807) is 72.4 Å². The number of carbonyl (C=O) groups excluding carboxylic acids is 9. The fourth-order valence-corrected chi connectivity index (χ4v) is 26.6. The first kappa shape index (κ1) is 82.2. The predicted octanol–water partition coefficient (Wildman–Crippen LogP) is 13.9. The van der Waals surface area contributed by atoms with Gasteiger partial charge in [0.25, 0.3) is 65.8 Å². The number of aliphatic hydroxyl groups is 1. The molecule has 111 heavy (non-hydrogen) atoms. The summed E-state index contributed by atoms with van der Waals surface area (Å²) in [6.45, 7) is 16.8. The third kappa shape index (κ3) is 14.9. The zero-order chi connectivity index (χ0) is 79.8. The molecule has 24 nitrogen and oxygen atoms in total. The number of thioether (sulfide) groups is 3. The molecule has 0 spiro atoms. The summed E-state index contributed by atoms with van der Waals surface area (Å²) in [5.74, 6) is -4.67. The van der Waals surface area contributed by atoms with Crippen LogP contribution in [-0.4, -0.2) is 159 Å². The Morgan fingerprint density at radius 3 is 1.05 bits per heavy atom. The van der Waals surface area contributed by atoms with Gasteiger partial charge in [-0.05, 0) is 162 Å². The van der Waals surface area contributed by atoms with Gasteiger partial charge in [-0.1, -0.05) is 117 Å². The lowest BCUT2D eigenvalue weighted by Gasteiger charge is -2.36. The van der Waals surface area contributed by atoms with Crippen molar-refractivity contribution in [1.29, 1.82) is 0 Å². The van der Waals surface area contributed by atoms with Gasteiger partial charge >= 0.3 is 0 Å². The highest BCUT2D eigenvalue weighted by Crippen LogP contribution is 2.67. The molecule has 15 rings (SSSR count). The van der Waals surface area contributed by atoms with Crippen molar-refractivity contribution < 1.29 is 95.8 Å². The number of nitrogens with zero attached hydrogens (tertiary/aromatic N) is 3. The number of unbranched alkanes of at least 4 members (excludes halogenated alkanes) is 5. The van der Waals surface area contributed by atoms with Gasteiger partial charge in [-0.2, -0.15) is 25.3 Å². The second-order valence-corrected chi connectivity index (χ2v) is 40.4. The van der Waals surface area contributed by atoms with Gasteiger partial charge < -0.3 is 14.6 Å². The van der Waals surface area contributed by atoms with Crippen molar-refractivity contribution in [2.45, 2.75) is 166 Å². The van der Waals surface area contributed by atoms with Crippen LogP contribution in [0.4, 0.5) is 0 Å². The molecule has 3 heterocycles. The van der Waals surface area contributed by atoms with Crippen LogP contribution in [0.2, 0.25) is 0 Å². The van der Waals surface area contributed by atoms with Crippen molar-refractivity contribution in [3.63, 3.8) is 0 Å². The zero-order valence-corrected chi connectivity index (χ0v) is 68.4. The van der Waals surface area contributed by atoms with E-state index in [4.69, 9.17) is 27.4 Å². The van der Waals surface area contributed by atoms with Crippen LogP contribution in [0.1, 0.15) is 214 Å². The fourth-order valence-electron chi connectivity index (χ4n) is 18.9. The van der Waals surface area contributed by atoms with E-state index in [2.05, 4.69) is 6.92 Å². The molecule has 6 aromatic carbocycles. The molecule has 594 valence electrons. The molecule has 1 N–H and O–H groups in total. The number of Topliss-reactive ketones (excluding diaryl/α,β-unsaturated/α-hetero) is 3. The standard InChI is InChI=1S/C30H37NO6S2.C27H31NO8S2.C24H25NO7S2/c1-4-5-6-7-8-9-15-38-22-16-20-11-10-12-23-26(20)24(18-22)28(34)31(27(23)33)37-39(35,36)19-30-14-13-21(17-25(30)32)29(30,2)3;1-4-34-16-35-10-11-37-19-12-17-6-5-7-20-23(17)21(14-19)25(31)28(24(20)30)36-38(32,33)15-27-9-8-18(13-22(27)29)26(27,2)3;1-23(2)15-6-7-24(23,19(27)11-15)13-34(30,31)32-25-21(28)17-5-3-4-14-10-16(33-9-8-26)12-18(20(14)17)22(25)29/h10-12,16,18,21H,4-9,13-15,17,19H2,1-3H3;5-7,12,14,18H,4,8-11,13,15-16H2,1-3H3;3-5,10,12,15,26H,6-9,11,13H2,1-2H3. The number of benzene rings is 6. The maximum Gasteiger partial charge on any atom is 0.289 e. The third-order valence-corrected chi connectivity index (χ3v) is 32.2. The van der Waals surface area contributed by atoms with Gasteiger partial charge in [0.15, 0.2) is 0 Å². The van der Waals surface area contributed by atoms with Gasteiger partial charge in [-0.25, -0.2) is 0 Å². The minimum atomic E-state index is -4.46. The Hall–Kier alpha value is -6.81. The lowest BCUT2D eigenvalue weighted by atomic mass is 9.70. The molecule has 6 amide bonds. The van der Waals surface area contributed by atoms with Crippen molar-refractivity contribution in [2.24, 2.45) is 50.2 Å². The second kappa shape index (κ2) is 31.4. The zero-order valence-electron chi connectivity index (χ0n) is 63.5. The number of amides is 6. The molecule has 6 atom stereocenters. The van der Waals surface area contributed by atoms with Gasteiger partial charge in [-0.15, -0.1) is 63.3 Å². The monoisotopic (exact) mass is 1640 g/mol. The Morgan fingerprint density at radius 1 is 0.414 bits per heavy atom. The molecule has 0 radical (unpaired) electrons. The van der Waals surface area contributed by atoms with Crippen molar-refractivity contribution in [3.8, 4) is 0 Å². The molecule has 3 aliphatic heterocycles. The number of aliphatic hydroxyl groups excluding tert-OH is 1. The summed E-state index contributed by atoms with van der Waals surface area (Å²) < 4.78 is 106. The normalized spacial score (nSPS) is 24.5. The lowest BCUT2D eigenvalue weighted by molar-refractivity contribution is -0.128. The average Bonchev–Trinajstić information content (AvgIpc) is 1.59. The van der Waals surface area contributed by atoms with Crippen LogP contribution in [0.25, 0.3) is 32.3 Å². The SMILES string of the molecule is CC1(C)C2CCC1(CS(=O)(=O)ON1C(=O)c3cccc4cc(SCCO)cc(c34)C1=O)C(=O)C2.CCCCCCCCSc1cc2c3c(cccc3c1)C(=O)N(OS(=O)(=O)CC13CCC(CC1=O)C3(C)C)C2=O.CCOCOCCSc1cc2c3c(cccc3c1)C(=O)N(OS(=O)(=O)CC13CCC(CC1=O)C3(C)C)C2=O. The van der Waals surface area contributed by atoms with Crippen LogP contribution in [-0.2, 0) is 67.1 Å². The Balaban J connectivity index is 0.000000146. The van der Waals surface area contributed by atoms with Gasteiger partial charge in [-0.3, -0.25) is 43.2 Å². The molecule has 0 aromatic heterocycles. The van der Waals surface area contributed by atoms with Crippen molar-refractivity contribution in [3.05, 3.63) is 124 Å². The second-order valence-electron chi connectivity index (χ2n) is 32.2. The number of ketones is 3. The fraction of sp³-hybridized carbons (Fsp3) is 0.519. The largest absolute Gasteiger partial charge is 0.396 e. The van der Waals surface area contributed by atoms with Crippen LogP contribution in [0.5, 0.6) is 0 Å². The molecular formula is C81H93N3O21S6. The van der Waals surface area contributed by atoms with Crippen LogP contribution >= 0.6 is 35.3 Å². The highest BCUT2D eigenvalue weighted by Gasteiger charge is 2.68. The van der Waals surface area contributed by atoms with Crippen LogP contribution in [0.15, 0.2) is 106 Å². The van der Waals surface area contributed by atoms with Crippen LogP contribution in [0, 0.1) is 50.2 Å². The average molecular weight is 1640 g/mol. The molecule has 6 bridgehead atoms. The first-order chi connectivity index (χ1) is 52.5. The number of hydrogen-bond donors (Lipinski definition) is 1. The molecule has 6 aliphatic carbocycles. The summed E-state index contributed by atoms with van der Waals surface area (Å²) in [5.41, 5.74) is -3.57. The number of fused-ring (bicyclic) bond motifs is 6. The molecule has 6 saturated carbocycles. The third-order valence-electron chi connectivity index (χ3n) is 25.6. The number of imide groups is 3. The summed E-state index contributed by atoms with van der Waals surface area (Å²) in [5, 5.41) is 13.7. The highest BCUT2D eigenvalue weighted by atomic mass is 32.2. The maximum absolute atomic E-state index is 13.5. The number of carbonyl (C=O) groups is 9. The van der Waals surface area contributed by atoms with E-state index in [-0.39, 0.29) is 81.9 Å². The van der Waals surface area contributed by atoms with E-state index >= 15 is 0 Å². The first-order valence-electron chi connectivity index (χ1n) is 37.9. The van der Waals surface area contributed by atoms with E-state index in [0.29, 0.717) is 110 Å². The molecular weight excluding hydrogens is 1540 g/mol. The predicted molar refractivity (Wildman–Crippen MR) is 419 cm³/mol. The van der Waals surface area contributed by atoms with E-state index in [1.807, 2.05) is 72.7 Å². The van der Waals surface area contributed by atoms with E-state index < -0.39 is 116 Å². The summed E-state index contributed by atoms with van der Waals surface area (Å²) in [4.78, 5) is 121. The van der Waals surface area contributed by atoms with E-state index in [9.17, 15) is 68.4 Å². The summed E-state index contributed by atoms with van der Waals surface area (Å²) in [7, 11) is -13.3. The van der Waals surface area contributed by atoms with Gasteiger partial charge in [0.2, 0.25) is 0 Å². The number of hydroxylamine groups is 6. The number of ether oxygens (including phenoxy) is 2. The first-order valence-corrected chi connectivity index (χ1v) is 45.6. The summed E-state index contributed by atoms with van der Waals surface area (Å²) in [6, 6.07) is 25.7. The van der Waals surface area contributed by atoms with Gasteiger partial charge in [0.05, 0.1) is 80.1 Å². The lowest BCUT2D eigenvalue weighted by Crippen LogP contribution is -2.46. The van der Waals surface area contributed by atoms with Crippen molar-refractivity contribution >= 4 is 151 Å². The number of hydrogen-bond acceptors (Lipinski definition) is 24. The molecule has 30 heteroatoms. The van der Waals surface area contributed by atoms with Crippen molar-refractivity contribution in [2.75, 3.05) is 61.1 Å².